The van der Waals surface area contributed by atoms with Gasteiger partial charge in [-0.05, 0) is 58.4 Å². The fraction of sp³-hybridized carbons (Fsp3) is 0.846. The van der Waals surface area contributed by atoms with E-state index < -0.39 is 5.91 Å². The molecule has 1 unspecified atom stereocenters. The Balaban J connectivity index is 4.00. The third-order valence-corrected chi connectivity index (χ3v) is 2.93. The maximum atomic E-state index is 12.0. The van der Waals surface area contributed by atoms with Crippen LogP contribution in [-0.2, 0) is 9.59 Å². The van der Waals surface area contributed by atoms with Crippen molar-refractivity contribution in [3.63, 3.8) is 0 Å². The number of hydrogen-bond acceptors (Lipinski definition) is 6. The Hall–Kier alpha value is -1.22. The molecule has 0 bridgehead atoms. The summed E-state index contributed by atoms with van der Waals surface area (Å²) in [5.41, 5.74) is 15.9. The molecule has 8 nitrogen and oxygen atoms in total. The van der Waals surface area contributed by atoms with Crippen molar-refractivity contribution in [2.75, 3.05) is 39.3 Å². The first-order chi connectivity index (χ1) is 10.1. The highest BCUT2D eigenvalue weighted by Gasteiger charge is 2.17. The van der Waals surface area contributed by atoms with E-state index in [4.69, 9.17) is 17.2 Å². The molecule has 0 heterocycles. The standard InChI is InChI=1S/C13H30N6O2/c14-5-2-8-17-7-1-4-11(18-9-3-6-15)13(21)19-10-12(16)20/h11,17-18H,1-10,14-15H2,(H2,16,20)(H,19,21). The number of nitrogens with one attached hydrogen (secondary N) is 3. The summed E-state index contributed by atoms with van der Waals surface area (Å²) in [6, 6.07) is -0.327. The molecule has 0 fully saturated rings. The van der Waals surface area contributed by atoms with Crippen LogP contribution in [0.25, 0.3) is 0 Å². The first-order valence-electron chi connectivity index (χ1n) is 7.52. The molecule has 0 radical (unpaired) electrons. The third-order valence-electron chi connectivity index (χ3n) is 2.93. The summed E-state index contributed by atoms with van der Waals surface area (Å²) in [4.78, 5) is 22.7. The van der Waals surface area contributed by atoms with E-state index in [1.807, 2.05) is 0 Å². The van der Waals surface area contributed by atoms with Gasteiger partial charge in [0.15, 0.2) is 0 Å². The highest BCUT2D eigenvalue weighted by molar-refractivity contribution is 5.86. The van der Waals surface area contributed by atoms with E-state index in [-0.39, 0.29) is 18.5 Å². The molecule has 1 atom stereocenters. The van der Waals surface area contributed by atoms with Gasteiger partial charge in [-0.2, -0.15) is 0 Å². The number of carbonyl (C=O) groups is 2. The highest BCUT2D eigenvalue weighted by Crippen LogP contribution is 1.97. The predicted octanol–water partition coefficient (Wildman–Crippen LogP) is -2.39. The molecule has 0 aliphatic rings. The molecule has 0 aromatic rings. The van der Waals surface area contributed by atoms with Crippen LogP contribution in [0.3, 0.4) is 0 Å². The number of carbonyl (C=O) groups excluding carboxylic acids is 2. The number of hydrogen-bond donors (Lipinski definition) is 6. The lowest BCUT2D eigenvalue weighted by Crippen LogP contribution is -2.47. The van der Waals surface area contributed by atoms with Gasteiger partial charge in [0, 0.05) is 0 Å². The number of rotatable bonds is 14. The van der Waals surface area contributed by atoms with Crippen molar-refractivity contribution in [1.29, 1.82) is 0 Å². The van der Waals surface area contributed by atoms with E-state index in [2.05, 4.69) is 16.0 Å². The van der Waals surface area contributed by atoms with Crippen LogP contribution in [-0.4, -0.2) is 57.1 Å². The molecular formula is C13H30N6O2. The quantitative estimate of drug-likeness (QED) is 0.197. The molecule has 0 saturated carbocycles. The van der Waals surface area contributed by atoms with Gasteiger partial charge >= 0.3 is 0 Å². The summed E-state index contributed by atoms with van der Waals surface area (Å²) in [6.45, 7) is 3.50. The van der Waals surface area contributed by atoms with Gasteiger partial charge in [-0.25, -0.2) is 0 Å². The molecule has 9 N–H and O–H groups in total. The van der Waals surface area contributed by atoms with Crippen LogP contribution in [0.15, 0.2) is 0 Å². The van der Waals surface area contributed by atoms with Gasteiger partial charge in [0.2, 0.25) is 11.8 Å². The van der Waals surface area contributed by atoms with Gasteiger partial charge in [0.05, 0.1) is 12.6 Å². The van der Waals surface area contributed by atoms with Crippen LogP contribution in [0.2, 0.25) is 0 Å². The fourth-order valence-electron chi connectivity index (χ4n) is 1.78. The van der Waals surface area contributed by atoms with Crippen LogP contribution < -0.4 is 33.2 Å². The Labute approximate surface area is 126 Å². The Morgan fingerprint density at radius 2 is 1.57 bits per heavy atom. The van der Waals surface area contributed by atoms with Gasteiger partial charge in [0.1, 0.15) is 0 Å². The second-order valence-electron chi connectivity index (χ2n) is 4.87. The van der Waals surface area contributed by atoms with Crippen molar-refractivity contribution < 1.29 is 9.59 Å². The van der Waals surface area contributed by atoms with Crippen molar-refractivity contribution in [3.05, 3.63) is 0 Å². The van der Waals surface area contributed by atoms with Crippen molar-refractivity contribution >= 4 is 11.8 Å². The molecule has 0 spiro atoms. The van der Waals surface area contributed by atoms with E-state index in [9.17, 15) is 9.59 Å². The van der Waals surface area contributed by atoms with Crippen LogP contribution in [0.5, 0.6) is 0 Å². The minimum Gasteiger partial charge on any atom is -0.368 e. The molecule has 21 heavy (non-hydrogen) atoms. The maximum Gasteiger partial charge on any atom is 0.237 e. The summed E-state index contributed by atoms with van der Waals surface area (Å²) in [6.07, 6.45) is 3.28. The van der Waals surface area contributed by atoms with Crippen LogP contribution in [0, 0.1) is 0 Å². The van der Waals surface area contributed by atoms with E-state index in [0.29, 0.717) is 26.1 Å². The molecule has 0 saturated heterocycles. The zero-order valence-corrected chi connectivity index (χ0v) is 12.7. The summed E-state index contributed by atoms with van der Waals surface area (Å²) in [5, 5.41) is 8.94. The molecule has 124 valence electrons. The fourth-order valence-corrected chi connectivity index (χ4v) is 1.78. The Bertz CT molecular complexity index is 288. The molecule has 0 rings (SSSR count). The highest BCUT2D eigenvalue weighted by atomic mass is 16.2. The van der Waals surface area contributed by atoms with Crippen LogP contribution in [0.4, 0.5) is 0 Å². The van der Waals surface area contributed by atoms with Gasteiger partial charge in [-0.1, -0.05) is 0 Å². The number of nitrogens with two attached hydrogens (primary N) is 3. The zero-order chi connectivity index (χ0) is 15.9. The lowest BCUT2D eigenvalue weighted by atomic mass is 10.1. The predicted molar refractivity (Wildman–Crippen MR) is 83.4 cm³/mol. The molecule has 8 heteroatoms. The van der Waals surface area contributed by atoms with Crippen LogP contribution >= 0.6 is 0 Å². The van der Waals surface area contributed by atoms with Gasteiger partial charge < -0.3 is 33.2 Å². The van der Waals surface area contributed by atoms with Crippen molar-refractivity contribution in [1.82, 2.24) is 16.0 Å². The molecule has 2 amide bonds. The largest absolute Gasteiger partial charge is 0.368 e. The Morgan fingerprint density at radius 3 is 2.19 bits per heavy atom. The van der Waals surface area contributed by atoms with E-state index in [1.54, 1.807) is 0 Å². The summed E-state index contributed by atoms with van der Waals surface area (Å²) >= 11 is 0. The second kappa shape index (κ2) is 13.7. The zero-order valence-electron chi connectivity index (χ0n) is 12.7. The normalized spacial score (nSPS) is 12.1. The van der Waals surface area contributed by atoms with E-state index >= 15 is 0 Å². The van der Waals surface area contributed by atoms with Crippen molar-refractivity contribution in [2.45, 2.75) is 31.7 Å². The molecule has 0 aliphatic heterocycles. The number of primary amides is 1. The first-order valence-corrected chi connectivity index (χ1v) is 7.52. The first kappa shape index (κ1) is 19.8. The average Bonchev–Trinajstić information content (AvgIpc) is 2.46. The van der Waals surface area contributed by atoms with Crippen molar-refractivity contribution in [2.24, 2.45) is 17.2 Å². The van der Waals surface area contributed by atoms with E-state index in [1.165, 1.54) is 0 Å². The topological polar surface area (TPSA) is 148 Å². The number of amides is 2. The average molecular weight is 302 g/mol. The monoisotopic (exact) mass is 302 g/mol. The Morgan fingerprint density at radius 1 is 0.952 bits per heavy atom. The smallest absolute Gasteiger partial charge is 0.237 e. The summed E-state index contributed by atoms with van der Waals surface area (Å²) < 4.78 is 0. The SMILES string of the molecule is NCCCNCCCC(NCCCN)C(=O)NCC(N)=O. The van der Waals surface area contributed by atoms with Gasteiger partial charge in [-0.3, -0.25) is 9.59 Å². The minimum atomic E-state index is -0.549. The van der Waals surface area contributed by atoms with E-state index in [0.717, 1.165) is 32.4 Å². The minimum absolute atomic E-state index is 0.136. The second-order valence-corrected chi connectivity index (χ2v) is 4.87. The van der Waals surface area contributed by atoms with Gasteiger partial charge in [0.25, 0.3) is 0 Å². The molecule has 0 aromatic carbocycles. The third kappa shape index (κ3) is 12.2. The Kier molecular flexibility index (Phi) is 13.0. The maximum absolute atomic E-state index is 12.0. The molecule has 0 aliphatic carbocycles. The molecule has 0 aromatic heterocycles. The lowest BCUT2D eigenvalue weighted by Gasteiger charge is -2.18. The summed E-state index contributed by atoms with van der Waals surface area (Å²) in [7, 11) is 0. The lowest BCUT2D eigenvalue weighted by molar-refractivity contribution is -0.126. The van der Waals surface area contributed by atoms with Gasteiger partial charge in [-0.15, -0.1) is 0 Å². The molecular weight excluding hydrogens is 272 g/mol. The summed E-state index contributed by atoms with van der Waals surface area (Å²) in [5.74, 6) is -0.750. The van der Waals surface area contributed by atoms with Crippen molar-refractivity contribution in [3.8, 4) is 0 Å². The van der Waals surface area contributed by atoms with Crippen LogP contribution in [0.1, 0.15) is 25.7 Å².